The average Bonchev–Trinajstić information content (AvgIpc) is 4.03. The molecule has 13 aromatic rings. The molecule has 5 heterocycles. The number of benzene rings is 8. The normalized spacial score (nSPS) is 11.9. The summed E-state index contributed by atoms with van der Waals surface area (Å²) in [6.07, 6.45) is 0. The predicted molar refractivity (Wildman–Crippen MR) is 256 cm³/mol. The Balaban J connectivity index is 0.997. The summed E-state index contributed by atoms with van der Waals surface area (Å²) in [4.78, 5) is 10.6. The van der Waals surface area contributed by atoms with Crippen molar-refractivity contribution in [2.24, 2.45) is 0 Å². The summed E-state index contributed by atoms with van der Waals surface area (Å²) in [5, 5.41) is 12.6. The third kappa shape index (κ3) is 5.25. The van der Waals surface area contributed by atoms with Gasteiger partial charge in [-0.1, -0.05) is 176 Å². The number of rotatable bonds is 6. The van der Waals surface area contributed by atoms with Crippen molar-refractivity contribution in [2.75, 3.05) is 0 Å². The van der Waals surface area contributed by atoms with Crippen molar-refractivity contribution in [3.8, 4) is 67.5 Å². The van der Waals surface area contributed by atoms with E-state index in [0.29, 0.717) is 5.82 Å². The van der Waals surface area contributed by atoms with Gasteiger partial charge in [-0.15, -0.1) is 0 Å². The molecule has 0 aliphatic heterocycles. The molecule has 0 saturated heterocycles. The first kappa shape index (κ1) is 34.5. The van der Waals surface area contributed by atoms with Crippen LogP contribution >= 0.6 is 0 Å². The zero-order valence-electron chi connectivity index (χ0n) is 33.4. The Morgan fingerprint density at radius 1 is 0.339 bits per heavy atom. The molecule has 0 saturated carbocycles. The van der Waals surface area contributed by atoms with Crippen LogP contribution in [0, 0.1) is 0 Å². The van der Waals surface area contributed by atoms with E-state index in [0.717, 1.165) is 78.0 Å². The van der Waals surface area contributed by atoms with Crippen molar-refractivity contribution in [3.63, 3.8) is 0 Å². The molecule has 0 unspecified atom stereocenters. The SMILES string of the molecule is c1ccc(-c2cc(-c3cc4c5ccccc5n5c6ccccc6c(c3)c45)nc(-c3ccc(-c4cc5ccccc5c5c(-c6ccccc6)c(-c6ccccc6)nn45)cc3)n2)cc1. The second-order valence-corrected chi connectivity index (χ2v) is 16.0. The highest BCUT2D eigenvalue weighted by atomic mass is 15.2. The molecule has 62 heavy (non-hydrogen) atoms. The van der Waals surface area contributed by atoms with Crippen LogP contribution in [0.2, 0.25) is 0 Å². The van der Waals surface area contributed by atoms with E-state index in [4.69, 9.17) is 15.1 Å². The standard InChI is InChI=1S/C57H35N5/c1-4-16-36(17-5-1)48-35-49(42-32-46-44-24-12-14-26-50(44)61-51-27-15-13-25-45(51)47(33-42)55(46)61)59-57(58-48)40-30-28-37(29-31-40)52-34-41-22-10-11-23-43(41)56-53(38-18-6-2-7-19-38)54(60-62(52)56)39-20-8-3-9-21-39/h1-35H. The van der Waals surface area contributed by atoms with Gasteiger partial charge in [0.2, 0.25) is 0 Å². The van der Waals surface area contributed by atoms with E-state index >= 15 is 0 Å². The maximum absolute atomic E-state index is 5.42. The summed E-state index contributed by atoms with van der Waals surface area (Å²) in [6, 6.07) is 75.3. The number of hydrogen-bond donors (Lipinski definition) is 0. The van der Waals surface area contributed by atoms with Crippen molar-refractivity contribution in [3.05, 3.63) is 212 Å². The van der Waals surface area contributed by atoms with Crippen LogP contribution in [0.1, 0.15) is 0 Å². The molecule has 13 rings (SSSR count). The van der Waals surface area contributed by atoms with E-state index in [1.807, 2.05) is 6.07 Å². The lowest BCUT2D eigenvalue weighted by Crippen LogP contribution is -1.97. The van der Waals surface area contributed by atoms with Crippen molar-refractivity contribution in [1.29, 1.82) is 0 Å². The molecule has 5 nitrogen and oxygen atoms in total. The largest absolute Gasteiger partial charge is 0.308 e. The fourth-order valence-corrected chi connectivity index (χ4v) is 9.64. The Morgan fingerprint density at radius 3 is 1.50 bits per heavy atom. The van der Waals surface area contributed by atoms with E-state index in [2.05, 4.69) is 215 Å². The molecular weight excluding hydrogens is 755 g/mol. The van der Waals surface area contributed by atoms with Crippen molar-refractivity contribution < 1.29 is 0 Å². The number of para-hydroxylation sites is 2. The van der Waals surface area contributed by atoms with E-state index in [1.165, 1.54) is 38.1 Å². The van der Waals surface area contributed by atoms with E-state index in [9.17, 15) is 0 Å². The minimum Gasteiger partial charge on any atom is -0.308 e. The molecular formula is C57H35N5. The van der Waals surface area contributed by atoms with E-state index in [-0.39, 0.29) is 0 Å². The average molecular weight is 790 g/mol. The smallest absolute Gasteiger partial charge is 0.160 e. The first-order chi connectivity index (χ1) is 30.7. The third-order valence-corrected chi connectivity index (χ3v) is 12.5. The monoisotopic (exact) mass is 789 g/mol. The lowest BCUT2D eigenvalue weighted by atomic mass is 9.97. The molecule has 0 N–H and O–H groups in total. The van der Waals surface area contributed by atoms with Gasteiger partial charge in [-0.3, -0.25) is 0 Å². The van der Waals surface area contributed by atoms with Gasteiger partial charge < -0.3 is 4.40 Å². The van der Waals surface area contributed by atoms with Gasteiger partial charge in [0.1, 0.15) is 5.69 Å². The van der Waals surface area contributed by atoms with Crippen molar-refractivity contribution in [1.82, 2.24) is 24.0 Å². The zero-order chi connectivity index (χ0) is 40.7. The topological polar surface area (TPSA) is 47.5 Å². The Labute approximate surface area is 356 Å². The first-order valence-electron chi connectivity index (χ1n) is 21.0. The summed E-state index contributed by atoms with van der Waals surface area (Å²) in [7, 11) is 0. The summed E-state index contributed by atoms with van der Waals surface area (Å²) in [5.41, 5.74) is 15.9. The van der Waals surface area contributed by atoms with Crippen LogP contribution in [0.5, 0.6) is 0 Å². The van der Waals surface area contributed by atoms with Crippen LogP contribution in [0.15, 0.2) is 212 Å². The van der Waals surface area contributed by atoms with Crippen LogP contribution in [0.3, 0.4) is 0 Å². The second-order valence-electron chi connectivity index (χ2n) is 16.0. The number of nitrogens with zero attached hydrogens (tertiary/aromatic N) is 5. The molecule has 5 heteroatoms. The maximum Gasteiger partial charge on any atom is 0.160 e. The molecule has 0 radical (unpaired) electrons. The molecule has 0 spiro atoms. The number of pyridine rings is 1. The number of fused-ring (bicyclic) bond motifs is 9. The Hall–Kier alpha value is -8.41. The molecule has 0 fully saturated rings. The van der Waals surface area contributed by atoms with Gasteiger partial charge in [0.25, 0.3) is 0 Å². The highest BCUT2D eigenvalue weighted by Crippen LogP contribution is 2.43. The van der Waals surface area contributed by atoms with Gasteiger partial charge in [-0.2, -0.15) is 5.10 Å². The molecule has 288 valence electrons. The third-order valence-electron chi connectivity index (χ3n) is 12.5. The molecule has 0 aliphatic rings. The molecule has 0 bridgehead atoms. The Bertz CT molecular complexity index is 3750. The summed E-state index contributed by atoms with van der Waals surface area (Å²) >= 11 is 0. The van der Waals surface area contributed by atoms with Gasteiger partial charge >= 0.3 is 0 Å². The zero-order valence-corrected chi connectivity index (χ0v) is 33.4. The lowest BCUT2D eigenvalue weighted by Gasteiger charge is -2.12. The molecule has 0 aliphatic carbocycles. The van der Waals surface area contributed by atoms with Crippen LogP contribution in [-0.2, 0) is 0 Å². The minimum atomic E-state index is 0.674. The van der Waals surface area contributed by atoms with Crippen LogP contribution in [0.25, 0.3) is 122 Å². The van der Waals surface area contributed by atoms with Gasteiger partial charge in [0.05, 0.1) is 39.1 Å². The van der Waals surface area contributed by atoms with Gasteiger partial charge in [-0.25, -0.2) is 14.5 Å². The molecule has 0 amide bonds. The van der Waals surface area contributed by atoms with Crippen molar-refractivity contribution in [2.45, 2.75) is 0 Å². The molecule has 5 aromatic heterocycles. The summed E-state index contributed by atoms with van der Waals surface area (Å²) < 4.78 is 4.56. The van der Waals surface area contributed by atoms with Crippen molar-refractivity contribution >= 4 is 54.4 Å². The van der Waals surface area contributed by atoms with Crippen LogP contribution < -0.4 is 0 Å². The number of hydrogen-bond acceptors (Lipinski definition) is 3. The van der Waals surface area contributed by atoms with E-state index < -0.39 is 0 Å². The molecule has 0 atom stereocenters. The molecule has 8 aromatic carbocycles. The second kappa shape index (κ2) is 13.6. The van der Waals surface area contributed by atoms with E-state index in [1.54, 1.807) is 0 Å². The fraction of sp³-hybridized carbons (Fsp3) is 0. The van der Waals surface area contributed by atoms with Gasteiger partial charge in [0.15, 0.2) is 5.82 Å². The first-order valence-corrected chi connectivity index (χ1v) is 21.0. The summed E-state index contributed by atoms with van der Waals surface area (Å²) in [6.45, 7) is 0. The minimum absolute atomic E-state index is 0.674. The summed E-state index contributed by atoms with van der Waals surface area (Å²) in [5.74, 6) is 0.674. The number of aromatic nitrogens is 5. The van der Waals surface area contributed by atoms with Gasteiger partial charge in [-0.05, 0) is 47.3 Å². The lowest BCUT2D eigenvalue weighted by molar-refractivity contribution is 0.979. The van der Waals surface area contributed by atoms with Crippen LogP contribution in [-0.4, -0.2) is 24.0 Å². The maximum atomic E-state index is 5.42. The predicted octanol–water partition coefficient (Wildman–Crippen LogP) is 14.4. The van der Waals surface area contributed by atoms with Crippen LogP contribution in [0.4, 0.5) is 0 Å². The van der Waals surface area contributed by atoms with Gasteiger partial charge in [0, 0.05) is 60.3 Å². The fourth-order valence-electron chi connectivity index (χ4n) is 9.64. The highest BCUT2D eigenvalue weighted by molar-refractivity contribution is 6.24. The Morgan fingerprint density at radius 2 is 0.855 bits per heavy atom. The highest BCUT2D eigenvalue weighted by Gasteiger charge is 2.23. The quantitative estimate of drug-likeness (QED) is 0.169. The Kier molecular flexibility index (Phi) is 7.54.